The van der Waals surface area contributed by atoms with Crippen molar-refractivity contribution in [3.63, 3.8) is 0 Å². The maximum Gasteiger partial charge on any atom is 0.345 e. The molecular weight excluding hydrogens is 406 g/mol. The van der Waals surface area contributed by atoms with Crippen LogP contribution in [0, 0.1) is 0 Å². The molecule has 4 rings (SSSR count). The second-order valence-electron chi connectivity index (χ2n) is 6.17. The number of fused-ring (bicyclic) bond motifs is 1. The number of phenols is 1. The first-order valence-corrected chi connectivity index (χ1v) is 9.70. The number of hydrogen-bond donors (Lipinski definition) is 2. The van der Waals surface area contributed by atoms with Gasteiger partial charge >= 0.3 is 5.63 Å². The zero-order valence-electron chi connectivity index (χ0n) is 16.1. The SMILES string of the molecule is COc1cc(/C=N/Nc2nc(-c3cc4ccccc4oc3=O)cs2)cc(OC)c1O. The first-order chi connectivity index (χ1) is 14.6. The summed E-state index contributed by atoms with van der Waals surface area (Å²) in [4.78, 5) is 16.7. The normalized spacial score (nSPS) is 11.1. The molecule has 0 aliphatic heterocycles. The number of aromatic hydroxyl groups is 1. The maximum absolute atomic E-state index is 12.3. The molecule has 0 aliphatic carbocycles. The van der Waals surface area contributed by atoms with Crippen molar-refractivity contribution in [2.45, 2.75) is 0 Å². The van der Waals surface area contributed by atoms with E-state index in [2.05, 4.69) is 15.5 Å². The fraction of sp³-hybridized carbons (Fsp3) is 0.0952. The topological polar surface area (TPSA) is 106 Å². The molecule has 30 heavy (non-hydrogen) atoms. The molecule has 0 spiro atoms. The number of para-hydroxylation sites is 1. The van der Waals surface area contributed by atoms with Gasteiger partial charge in [-0.2, -0.15) is 5.10 Å². The highest BCUT2D eigenvalue weighted by molar-refractivity contribution is 7.14. The number of anilines is 1. The lowest BCUT2D eigenvalue weighted by atomic mass is 10.1. The van der Waals surface area contributed by atoms with Gasteiger partial charge < -0.3 is 19.0 Å². The third kappa shape index (κ3) is 3.83. The van der Waals surface area contributed by atoms with Crippen LogP contribution in [0.15, 0.2) is 62.2 Å². The largest absolute Gasteiger partial charge is 0.502 e. The maximum atomic E-state index is 12.3. The first kappa shape index (κ1) is 19.5. The van der Waals surface area contributed by atoms with Crippen LogP contribution < -0.4 is 20.5 Å². The summed E-state index contributed by atoms with van der Waals surface area (Å²) >= 11 is 1.31. The van der Waals surface area contributed by atoms with Gasteiger partial charge in [-0.15, -0.1) is 11.3 Å². The van der Waals surface area contributed by atoms with Gasteiger partial charge in [0.05, 0.1) is 31.7 Å². The Morgan fingerprint density at radius 2 is 1.90 bits per heavy atom. The average molecular weight is 423 g/mol. The quantitative estimate of drug-likeness (QED) is 0.273. The van der Waals surface area contributed by atoms with E-state index in [9.17, 15) is 9.90 Å². The van der Waals surface area contributed by atoms with Crippen molar-refractivity contribution < 1.29 is 19.0 Å². The number of ether oxygens (including phenoxy) is 2. The van der Waals surface area contributed by atoms with Gasteiger partial charge in [0.1, 0.15) is 5.58 Å². The van der Waals surface area contributed by atoms with Crippen molar-refractivity contribution in [2.24, 2.45) is 5.10 Å². The molecular formula is C21H17N3O5S. The van der Waals surface area contributed by atoms with E-state index >= 15 is 0 Å². The van der Waals surface area contributed by atoms with Gasteiger partial charge in [-0.3, -0.25) is 5.43 Å². The standard InChI is InChI=1S/C21H17N3O5S/c1-27-17-7-12(8-18(28-2)19(17)25)10-22-24-21-23-15(11-30-21)14-9-13-5-3-4-6-16(13)29-20(14)26/h3-11,25H,1-2H3,(H,23,24)/b22-10+. The summed E-state index contributed by atoms with van der Waals surface area (Å²) in [7, 11) is 2.90. The van der Waals surface area contributed by atoms with E-state index in [0.29, 0.717) is 27.5 Å². The van der Waals surface area contributed by atoms with Crippen molar-refractivity contribution >= 4 is 33.7 Å². The van der Waals surface area contributed by atoms with Crippen LogP contribution in [0.4, 0.5) is 5.13 Å². The number of nitrogens with zero attached hydrogens (tertiary/aromatic N) is 2. The van der Waals surface area contributed by atoms with Crippen LogP contribution in [0.25, 0.3) is 22.2 Å². The predicted molar refractivity (Wildman–Crippen MR) is 116 cm³/mol. The number of methoxy groups -OCH3 is 2. The number of benzene rings is 2. The summed E-state index contributed by atoms with van der Waals surface area (Å²) < 4.78 is 15.6. The number of aromatic nitrogens is 1. The van der Waals surface area contributed by atoms with Gasteiger partial charge in [0.15, 0.2) is 11.5 Å². The lowest BCUT2D eigenvalue weighted by molar-refractivity contribution is 0.340. The fourth-order valence-corrected chi connectivity index (χ4v) is 3.50. The molecule has 0 saturated carbocycles. The van der Waals surface area contributed by atoms with Gasteiger partial charge in [-0.25, -0.2) is 9.78 Å². The van der Waals surface area contributed by atoms with Gasteiger partial charge in [-0.05, 0) is 24.3 Å². The van der Waals surface area contributed by atoms with Gasteiger partial charge in [0.25, 0.3) is 0 Å². The van der Waals surface area contributed by atoms with Crippen LogP contribution in [0.5, 0.6) is 17.2 Å². The molecule has 2 aromatic carbocycles. The molecule has 0 bridgehead atoms. The molecule has 2 N–H and O–H groups in total. The molecule has 0 saturated heterocycles. The highest BCUT2D eigenvalue weighted by Crippen LogP contribution is 2.36. The monoisotopic (exact) mass is 423 g/mol. The molecule has 0 atom stereocenters. The van der Waals surface area contributed by atoms with Crippen molar-refractivity contribution in [2.75, 3.05) is 19.6 Å². The van der Waals surface area contributed by atoms with E-state index in [4.69, 9.17) is 13.9 Å². The van der Waals surface area contributed by atoms with E-state index in [1.165, 1.54) is 31.8 Å². The van der Waals surface area contributed by atoms with Crippen molar-refractivity contribution in [1.29, 1.82) is 0 Å². The minimum Gasteiger partial charge on any atom is -0.502 e. The molecule has 9 heteroatoms. The Morgan fingerprint density at radius 3 is 2.63 bits per heavy atom. The molecule has 2 aromatic heterocycles. The van der Waals surface area contributed by atoms with Gasteiger partial charge in [0.2, 0.25) is 10.9 Å². The molecule has 2 heterocycles. The van der Waals surface area contributed by atoms with E-state index in [1.807, 2.05) is 18.2 Å². The van der Waals surface area contributed by atoms with Crippen molar-refractivity contribution in [1.82, 2.24) is 4.98 Å². The van der Waals surface area contributed by atoms with E-state index < -0.39 is 5.63 Å². The number of hydrogen-bond acceptors (Lipinski definition) is 9. The third-order valence-corrected chi connectivity index (χ3v) is 5.04. The Balaban J connectivity index is 1.55. The van der Waals surface area contributed by atoms with Crippen molar-refractivity contribution in [3.8, 4) is 28.5 Å². The van der Waals surface area contributed by atoms with Gasteiger partial charge in [-0.1, -0.05) is 18.2 Å². The van der Waals surface area contributed by atoms with Crippen LogP contribution in [0.1, 0.15) is 5.56 Å². The molecule has 8 nitrogen and oxygen atoms in total. The molecule has 0 amide bonds. The summed E-state index contributed by atoms with van der Waals surface area (Å²) in [5.41, 5.74) is 4.46. The molecule has 0 radical (unpaired) electrons. The Morgan fingerprint density at radius 1 is 1.17 bits per heavy atom. The predicted octanol–water partition coefficient (Wildman–Crippen LogP) is 4.09. The molecule has 0 aliphatic rings. The summed E-state index contributed by atoms with van der Waals surface area (Å²) in [6.45, 7) is 0. The second kappa shape index (κ2) is 8.26. The molecule has 0 unspecified atom stereocenters. The molecule has 152 valence electrons. The minimum absolute atomic E-state index is 0.0797. The summed E-state index contributed by atoms with van der Waals surface area (Å²) in [6, 6.07) is 12.3. The Hall–Kier alpha value is -3.85. The van der Waals surface area contributed by atoms with E-state index in [-0.39, 0.29) is 17.2 Å². The number of hydrazone groups is 1. The van der Waals surface area contributed by atoms with Crippen LogP contribution in [0.3, 0.4) is 0 Å². The van der Waals surface area contributed by atoms with E-state index in [1.54, 1.807) is 29.6 Å². The summed E-state index contributed by atoms with van der Waals surface area (Å²) in [5, 5.41) is 17.2. The average Bonchev–Trinajstić information content (AvgIpc) is 3.22. The zero-order chi connectivity index (χ0) is 21.1. The molecule has 4 aromatic rings. The Labute approximate surface area is 175 Å². The summed E-state index contributed by atoms with van der Waals surface area (Å²) in [6.07, 6.45) is 1.54. The lowest BCUT2D eigenvalue weighted by Gasteiger charge is -2.09. The summed E-state index contributed by atoms with van der Waals surface area (Å²) in [5.74, 6) is 0.467. The first-order valence-electron chi connectivity index (χ1n) is 8.82. The number of phenolic OH excluding ortho intramolecular Hbond substituents is 1. The third-order valence-electron chi connectivity index (χ3n) is 4.30. The van der Waals surface area contributed by atoms with Crippen LogP contribution in [-0.4, -0.2) is 30.5 Å². The van der Waals surface area contributed by atoms with Gasteiger partial charge in [0, 0.05) is 16.3 Å². The Bertz CT molecular complexity index is 1270. The fourth-order valence-electron chi connectivity index (χ4n) is 2.84. The Kier molecular flexibility index (Phi) is 5.36. The number of nitrogens with one attached hydrogen (secondary N) is 1. The van der Waals surface area contributed by atoms with Crippen LogP contribution in [0.2, 0.25) is 0 Å². The highest BCUT2D eigenvalue weighted by Gasteiger charge is 2.12. The number of thiazole rings is 1. The lowest BCUT2D eigenvalue weighted by Crippen LogP contribution is -2.02. The van der Waals surface area contributed by atoms with Crippen LogP contribution >= 0.6 is 11.3 Å². The highest BCUT2D eigenvalue weighted by atomic mass is 32.1. The second-order valence-corrected chi connectivity index (χ2v) is 7.03. The minimum atomic E-state index is -0.447. The van der Waals surface area contributed by atoms with E-state index in [0.717, 1.165) is 5.39 Å². The molecule has 0 fully saturated rings. The zero-order valence-corrected chi connectivity index (χ0v) is 16.9. The smallest absolute Gasteiger partial charge is 0.345 e. The van der Waals surface area contributed by atoms with Crippen LogP contribution in [-0.2, 0) is 0 Å². The number of rotatable bonds is 6. The van der Waals surface area contributed by atoms with Crippen molar-refractivity contribution in [3.05, 3.63) is 63.8 Å².